The molecule has 1 aromatic rings. The number of halogens is 1. The molecule has 2 atom stereocenters. The van der Waals surface area contributed by atoms with Gasteiger partial charge in [-0.2, -0.15) is 0 Å². The van der Waals surface area contributed by atoms with Crippen LogP contribution in [0.3, 0.4) is 0 Å². The van der Waals surface area contributed by atoms with Crippen molar-refractivity contribution in [1.82, 2.24) is 5.32 Å². The van der Waals surface area contributed by atoms with E-state index >= 15 is 0 Å². The van der Waals surface area contributed by atoms with Gasteiger partial charge in [0, 0.05) is 12.6 Å². The van der Waals surface area contributed by atoms with Crippen molar-refractivity contribution >= 4 is 0 Å². The molecule has 2 heteroatoms. The first-order valence-electron chi connectivity index (χ1n) is 7.17. The lowest BCUT2D eigenvalue weighted by Crippen LogP contribution is -2.33. The molecule has 2 unspecified atom stereocenters. The fourth-order valence-corrected chi connectivity index (χ4v) is 2.93. The summed E-state index contributed by atoms with van der Waals surface area (Å²) < 4.78 is 13.2. The Morgan fingerprint density at radius 3 is 2.89 bits per heavy atom. The molecule has 1 saturated carbocycles. The average Bonchev–Trinajstić information content (AvgIpc) is 2.40. The molecular formula is C16H24FN. The predicted molar refractivity (Wildman–Crippen MR) is 74.0 cm³/mol. The maximum absolute atomic E-state index is 13.2. The minimum absolute atomic E-state index is 0.109. The molecule has 0 amide bonds. The van der Waals surface area contributed by atoms with E-state index in [-0.39, 0.29) is 5.82 Å². The summed E-state index contributed by atoms with van der Waals surface area (Å²) >= 11 is 0. The zero-order valence-electron chi connectivity index (χ0n) is 11.5. The van der Waals surface area contributed by atoms with Crippen LogP contribution in [0.4, 0.5) is 4.39 Å². The third kappa shape index (κ3) is 3.55. The van der Waals surface area contributed by atoms with E-state index < -0.39 is 0 Å². The first kappa shape index (κ1) is 13.5. The van der Waals surface area contributed by atoms with Crippen LogP contribution in [0.5, 0.6) is 0 Å². The van der Waals surface area contributed by atoms with Crippen molar-refractivity contribution < 1.29 is 4.39 Å². The number of nitrogens with one attached hydrogen (secondary N) is 1. The predicted octanol–water partition coefficient (Wildman–Crippen LogP) is 4.19. The van der Waals surface area contributed by atoms with Gasteiger partial charge < -0.3 is 5.32 Å². The smallest absolute Gasteiger partial charge is 0.126 e. The van der Waals surface area contributed by atoms with Crippen molar-refractivity contribution in [3.63, 3.8) is 0 Å². The average molecular weight is 249 g/mol. The summed E-state index contributed by atoms with van der Waals surface area (Å²) in [5, 5.41) is 3.63. The largest absolute Gasteiger partial charge is 0.310 e. The molecular weight excluding hydrogens is 225 g/mol. The highest BCUT2D eigenvalue weighted by Gasteiger charge is 2.19. The highest BCUT2D eigenvalue weighted by atomic mass is 19.1. The molecule has 0 heterocycles. The normalized spacial score (nSPS) is 24.2. The topological polar surface area (TPSA) is 12.0 Å². The van der Waals surface area contributed by atoms with Crippen molar-refractivity contribution in [2.24, 2.45) is 5.92 Å². The van der Waals surface area contributed by atoms with Gasteiger partial charge in [0.15, 0.2) is 0 Å². The van der Waals surface area contributed by atoms with E-state index in [9.17, 15) is 4.39 Å². The molecule has 0 bridgehead atoms. The molecule has 1 nitrogen and oxygen atoms in total. The van der Waals surface area contributed by atoms with Gasteiger partial charge in [-0.25, -0.2) is 4.39 Å². The summed E-state index contributed by atoms with van der Waals surface area (Å²) in [5.41, 5.74) is 1.93. The Hall–Kier alpha value is -0.890. The molecule has 1 fully saturated rings. The number of rotatable bonds is 4. The lowest BCUT2D eigenvalue weighted by molar-refractivity contribution is 0.278. The molecule has 18 heavy (non-hydrogen) atoms. The molecule has 100 valence electrons. The van der Waals surface area contributed by atoms with E-state index in [1.165, 1.54) is 37.7 Å². The molecule has 0 aliphatic heterocycles. The van der Waals surface area contributed by atoms with E-state index in [0.717, 1.165) is 18.0 Å². The fourth-order valence-electron chi connectivity index (χ4n) is 2.93. The van der Waals surface area contributed by atoms with Crippen LogP contribution >= 0.6 is 0 Å². The Bertz CT molecular complexity index is 389. The fraction of sp³-hybridized carbons (Fsp3) is 0.625. The van der Waals surface area contributed by atoms with Crippen LogP contribution in [-0.2, 0) is 6.54 Å². The van der Waals surface area contributed by atoms with Gasteiger partial charge in [0.2, 0.25) is 0 Å². The number of hydrogen-bond donors (Lipinski definition) is 1. The Balaban J connectivity index is 1.85. The second kappa shape index (κ2) is 6.33. The van der Waals surface area contributed by atoms with E-state index in [1.807, 2.05) is 19.1 Å². The van der Waals surface area contributed by atoms with Gasteiger partial charge in [-0.05, 0) is 42.9 Å². The Morgan fingerprint density at radius 2 is 2.17 bits per heavy atom. The lowest BCUT2D eigenvalue weighted by atomic mass is 9.84. The van der Waals surface area contributed by atoms with Gasteiger partial charge in [-0.3, -0.25) is 0 Å². The first-order chi connectivity index (χ1) is 8.69. The Morgan fingerprint density at radius 1 is 1.33 bits per heavy atom. The van der Waals surface area contributed by atoms with Crippen LogP contribution < -0.4 is 5.32 Å². The zero-order valence-corrected chi connectivity index (χ0v) is 11.5. The van der Waals surface area contributed by atoms with Crippen LogP contribution in [-0.4, -0.2) is 6.04 Å². The summed E-state index contributed by atoms with van der Waals surface area (Å²) in [6, 6.07) is 6.05. The quantitative estimate of drug-likeness (QED) is 0.843. The highest BCUT2D eigenvalue weighted by Crippen LogP contribution is 2.26. The maximum atomic E-state index is 13.2. The van der Waals surface area contributed by atoms with Crippen LogP contribution in [0.2, 0.25) is 0 Å². The number of aryl methyl sites for hydroxylation is 1. The second-order valence-electron chi connectivity index (χ2n) is 5.60. The monoisotopic (exact) mass is 249 g/mol. The molecule has 2 rings (SSSR count). The molecule has 0 radical (unpaired) electrons. The maximum Gasteiger partial charge on any atom is 0.126 e. The van der Waals surface area contributed by atoms with Gasteiger partial charge in [-0.1, -0.05) is 38.3 Å². The van der Waals surface area contributed by atoms with Crippen molar-refractivity contribution in [1.29, 1.82) is 0 Å². The number of hydrogen-bond acceptors (Lipinski definition) is 1. The molecule has 0 saturated heterocycles. The SMILES string of the molecule is CCC1CCCC(NCc2ccc(F)c(C)c2)C1. The number of benzene rings is 1. The third-order valence-corrected chi connectivity index (χ3v) is 4.18. The van der Waals surface area contributed by atoms with E-state index in [4.69, 9.17) is 0 Å². The van der Waals surface area contributed by atoms with Crippen molar-refractivity contribution in [3.05, 3.63) is 35.1 Å². The van der Waals surface area contributed by atoms with E-state index in [1.54, 1.807) is 6.07 Å². The molecule has 1 aromatic carbocycles. The van der Waals surface area contributed by atoms with Crippen LogP contribution in [0.1, 0.15) is 50.2 Å². The lowest BCUT2D eigenvalue weighted by Gasteiger charge is -2.29. The van der Waals surface area contributed by atoms with Crippen molar-refractivity contribution in [3.8, 4) is 0 Å². The van der Waals surface area contributed by atoms with Crippen molar-refractivity contribution in [2.75, 3.05) is 0 Å². The van der Waals surface area contributed by atoms with Gasteiger partial charge in [0.05, 0.1) is 0 Å². The summed E-state index contributed by atoms with van der Waals surface area (Å²) in [5.74, 6) is 0.786. The standard InChI is InChI=1S/C16H24FN/c1-3-13-5-4-6-15(10-13)18-11-14-7-8-16(17)12(2)9-14/h7-9,13,15,18H,3-6,10-11H2,1-2H3. The van der Waals surface area contributed by atoms with E-state index in [2.05, 4.69) is 12.2 Å². The molecule has 1 aliphatic rings. The van der Waals surface area contributed by atoms with Crippen LogP contribution in [0.25, 0.3) is 0 Å². The molecule has 0 aromatic heterocycles. The van der Waals surface area contributed by atoms with E-state index in [0.29, 0.717) is 6.04 Å². The minimum atomic E-state index is -0.109. The van der Waals surface area contributed by atoms with Gasteiger partial charge >= 0.3 is 0 Å². The molecule has 1 aliphatic carbocycles. The first-order valence-corrected chi connectivity index (χ1v) is 7.17. The summed E-state index contributed by atoms with van der Waals surface area (Å²) in [6.07, 6.45) is 6.63. The van der Waals surface area contributed by atoms with Gasteiger partial charge in [-0.15, -0.1) is 0 Å². The summed E-state index contributed by atoms with van der Waals surface area (Å²) in [6.45, 7) is 4.98. The Kier molecular flexibility index (Phi) is 4.76. The van der Waals surface area contributed by atoms with Crippen LogP contribution in [0, 0.1) is 18.7 Å². The van der Waals surface area contributed by atoms with Crippen molar-refractivity contribution in [2.45, 2.75) is 58.5 Å². The summed E-state index contributed by atoms with van der Waals surface area (Å²) in [4.78, 5) is 0. The third-order valence-electron chi connectivity index (χ3n) is 4.18. The van der Waals surface area contributed by atoms with Gasteiger partial charge in [0.1, 0.15) is 5.82 Å². The highest BCUT2D eigenvalue weighted by molar-refractivity contribution is 5.23. The minimum Gasteiger partial charge on any atom is -0.310 e. The molecule has 0 spiro atoms. The van der Waals surface area contributed by atoms with Crippen LogP contribution in [0.15, 0.2) is 18.2 Å². The molecule has 1 N–H and O–H groups in total. The van der Waals surface area contributed by atoms with Gasteiger partial charge in [0.25, 0.3) is 0 Å². The Labute approximate surface area is 110 Å². The zero-order chi connectivity index (χ0) is 13.0. The second-order valence-corrected chi connectivity index (χ2v) is 5.60. The summed E-state index contributed by atoms with van der Waals surface area (Å²) in [7, 11) is 0.